The molecule has 2 atom stereocenters. The second-order valence-electron chi connectivity index (χ2n) is 6.32. The Morgan fingerprint density at radius 2 is 1.96 bits per heavy atom. The quantitative estimate of drug-likeness (QED) is 0.887. The highest BCUT2D eigenvalue weighted by Gasteiger charge is 2.37. The average molecular weight is 326 g/mol. The molecule has 2 unspecified atom stereocenters. The predicted molar refractivity (Wildman–Crippen MR) is 91.5 cm³/mol. The van der Waals surface area contributed by atoms with Crippen LogP contribution < -0.4 is 0 Å². The maximum atomic E-state index is 12.4. The number of likely N-dealkylation sites (tertiary alicyclic amines) is 1. The molecule has 1 aliphatic heterocycles. The van der Waals surface area contributed by atoms with Gasteiger partial charge in [-0.15, -0.1) is 0 Å². The molecule has 1 aromatic carbocycles. The van der Waals surface area contributed by atoms with Crippen molar-refractivity contribution in [1.82, 2.24) is 9.88 Å². The molecule has 3 rings (SSSR count). The van der Waals surface area contributed by atoms with Crippen molar-refractivity contribution in [1.29, 1.82) is 0 Å². The first-order chi connectivity index (χ1) is 11.6. The molecule has 5 nitrogen and oxygen atoms in total. The van der Waals surface area contributed by atoms with Crippen LogP contribution in [-0.4, -0.2) is 39.5 Å². The summed E-state index contributed by atoms with van der Waals surface area (Å²) < 4.78 is 0. The number of hydrogen-bond donors (Lipinski definition) is 2. The Morgan fingerprint density at radius 1 is 1.21 bits per heavy atom. The third kappa shape index (κ3) is 3.35. The number of nitrogens with one attached hydrogen (secondary N) is 1. The van der Waals surface area contributed by atoms with E-state index in [0.717, 1.165) is 17.0 Å². The normalized spacial score (nSPS) is 20.3. The van der Waals surface area contributed by atoms with Crippen molar-refractivity contribution < 1.29 is 14.7 Å². The molecule has 1 aliphatic rings. The molecule has 2 aromatic rings. The molecule has 0 radical (unpaired) electrons. The summed E-state index contributed by atoms with van der Waals surface area (Å²) in [4.78, 5) is 28.6. The lowest BCUT2D eigenvalue weighted by Gasteiger charge is -2.23. The zero-order chi connectivity index (χ0) is 17.1. The van der Waals surface area contributed by atoms with E-state index in [0.29, 0.717) is 25.8 Å². The lowest BCUT2D eigenvalue weighted by molar-refractivity contribution is -0.143. The number of benzene rings is 1. The number of carbonyl (C=O) groups is 2. The summed E-state index contributed by atoms with van der Waals surface area (Å²) in [6.07, 6.45) is 1.57. The van der Waals surface area contributed by atoms with Crippen LogP contribution in [0, 0.1) is 5.92 Å². The van der Waals surface area contributed by atoms with E-state index in [-0.39, 0.29) is 11.9 Å². The van der Waals surface area contributed by atoms with Gasteiger partial charge in [0.15, 0.2) is 0 Å². The molecule has 5 heteroatoms. The van der Waals surface area contributed by atoms with Gasteiger partial charge in [-0.25, -0.2) is 0 Å². The number of aliphatic carboxylic acids is 1. The third-order valence-electron chi connectivity index (χ3n) is 4.83. The smallest absolute Gasteiger partial charge is 0.308 e. The Hall–Kier alpha value is -2.56. The van der Waals surface area contributed by atoms with Gasteiger partial charge < -0.3 is 15.0 Å². The maximum absolute atomic E-state index is 12.4. The highest BCUT2D eigenvalue weighted by molar-refractivity contribution is 5.79. The first-order valence-corrected chi connectivity index (χ1v) is 8.32. The molecule has 0 saturated carbocycles. The standard InChI is InChI=1S/C19H22N2O3/c1-13-16(19(23)24)11-12-21(13)18(22)10-8-15-7-9-17(20-15)14-5-3-2-4-6-14/h2-7,9,13,16,20H,8,10-12H2,1H3,(H,23,24). The van der Waals surface area contributed by atoms with E-state index in [1.165, 1.54) is 0 Å². The fourth-order valence-electron chi connectivity index (χ4n) is 3.38. The summed E-state index contributed by atoms with van der Waals surface area (Å²) in [5, 5.41) is 9.16. The van der Waals surface area contributed by atoms with Gasteiger partial charge in [-0.3, -0.25) is 9.59 Å². The number of aromatic nitrogens is 1. The molecule has 0 spiro atoms. The molecule has 126 valence electrons. The van der Waals surface area contributed by atoms with Crippen LogP contribution in [0.1, 0.15) is 25.5 Å². The topological polar surface area (TPSA) is 73.4 Å². The number of amides is 1. The van der Waals surface area contributed by atoms with Crippen molar-refractivity contribution in [2.75, 3.05) is 6.54 Å². The number of aryl methyl sites for hydroxylation is 1. The molecular weight excluding hydrogens is 304 g/mol. The van der Waals surface area contributed by atoms with Gasteiger partial charge >= 0.3 is 5.97 Å². The number of nitrogens with zero attached hydrogens (tertiary/aromatic N) is 1. The zero-order valence-electron chi connectivity index (χ0n) is 13.7. The van der Waals surface area contributed by atoms with Crippen LogP contribution in [0.15, 0.2) is 42.5 Å². The van der Waals surface area contributed by atoms with Crippen molar-refractivity contribution in [3.8, 4) is 11.3 Å². The van der Waals surface area contributed by atoms with Crippen LogP contribution in [0.4, 0.5) is 0 Å². The van der Waals surface area contributed by atoms with Crippen LogP contribution >= 0.6 is 0 Å². The Balaban J connectivity index is 1.58. The minimum atomic E-state index is -0.810. The number of hydrogen-bond acceptors (Lipinski definition) is 2. The summed E-state index contributed by atoms with van der Waals surface area (Å²) in [5.74, 6) is -1.22. The van der Waals surface area contributed by atoms with Gasteiger partial charge in [0, 0.05) is 30.4 Å². The van der Waals surface area contributed by atoms with Gasteiger partial charge in [0.2, 0.25) is 5.91 Å². The minimum absolute atomic E-state index is 0.0297. The predicted octanol–water partition coefficient (Wildman–Crippen LogP) is 2.94. The summed E-state index contributed by atoms with van der Waals surface area (Å²) in [7, 11) is 0. The molecule has 1 fully saturated rings. The van der Waals surface area contributed by atoms with Gasteiger partial charge in [-0.2, -0.15) is 0 Å². The molecule has 2 N–H and O–H groups in total. The fraction of sp³-hybridized carbons (Fsp3) is 0.368. The van der Waals surface area contributed by atoms with E-state index >= 15 is 0 Å². The molecule has 1 aromatic heterocycles. The highest BCUT2D eigenvalue weighted by Crippen LogP contribution is 2.25. The lowest BCUT2D eigenvalue weighted by Crippen LogP contribution is -2.37. The first kappa shape index (κ1) is 16.3. The van der Waals surface area contributed by atoms with Crippen LogP contribution in [0.3, 0.4) is 0 Å². The van der Waals surface area contributed by atoms with E-state index in [9.17, 15) is 9.59 Å². The van der Waals surface area contributed by atoms with Crippen molar-refractivity contribution >= 4 is 11.9 Å². The summed E-state index contributed by atoms with van der Waals surface area (Å²) in [6.45, 7) is 2.36. The van der Waals surface area contributed by atoms with Crippen molar-refractivity contribution in [2.24, 2.45) is 5.92 Å². The van der Waals surface area contributed by atoms with Crippen LogP contribution in [0.25, 0.3) is 11.3 Å². The Kier molecular flexibility index (Phi) is 4.69. The second kappa shape index (κ2) is 6.91. The van der Waals surface area contributed by atoms with Crippen molar-refractivity contribution in [2.45, 2.75) is 32.2 Å². The van der Waals surface area contributed by atoms with E-state index < -0.39 is 11.9 Å². The molecule has 1 amide bonds. The maximum Gasteiger partial charge on any atom is 0.308 e. The minimum Gasteiger partial charge on any atom is -0.481 e. The van der Waals surface area contributed by atoms with Crippen molar-refractivity contribution in [3.05, 3.63) is 48.2 Å². The zero-order valence-corrected chi connectivity index (χ0v) is 13.7. The van der Waals surface area contributed by atoms with E-state index in [1.54, 1.807) is 4.90 Å². The SMILES string of the molecule is CC1C(C(=O)O)CCN1C(=O)CCc1ccc(-c2ccccc2)[nH]1. The first-order valence-electron chi connectivity index (χ1n) is 8.32. The van der Waals surface area contributed by atoms with Gasteiger partial charge in [-0.05, 0) is 37.5 Å². The van der Waals surface area contributed by atoms with E-state index in [4.69, 9.17) is 5.11 Å². The Morgan fingerprint density at radius 3 is 2.62 bits per heavy atom. The summed E-state index contributed by atoms with van der Waals surface area (Å²) in [5.41, 5.74) is 3.18. The summed E-state index contributed by atoms with van der Waals surface area (Å²) in [6, 6.07) is 13.8. The number of rotatable bonds is 5. The third-order valence-corrected chi connectivity index (χ3v) is 4.83. The Labute approximate surface area is 141 Å². The number of H-pyrrole nitrogens is 1. The molecule has 2 heterocycles. The Bertz CT molecular complexity index is 723. The van der Waals surface area contributed by atoms with Crippen LogP contribution in [-0.2, 0) is 16.0 Å². The molecule has 0 bridgehead atoms. The molecule has 0 aliphatic carbocycles. The number of aromatic amines is 1. The van der Waals surface area contributed by atoms with Crippen molar-refractivity contribution in [3.63, 3.8) is 0 Å². The molecule has 24 heavy (non-hydrogen) atoms. The number of carbonyl (C=O) groups excluding carboxylic acids is 1. The van der Waals surface area contributed by atoms with Gasteiger partial charge in [0.25, 0.3) is 0 Å². The number of carboxylic acid groups (broad SMARTS) is 1. The van der Waals surface area contributed by atoms with Gasteiger partial charge in [-0.1, -0.05) is 30.3 Å². The van der Waals surface area contributed by atoms with Crippen LogP contribution in [0.2, 0.25) is 0 Å². The number of carboxylic acids is 1. The molecule has 1 saturated heterocycles. The van der Waals surface area contributed by atoms with Crippen LogP contribution in [0.5, 0.6) is 0 Å². The fourth-order valence-corrected chi connectivity index (χ4v) is 3.38. The monoisotopic (exact) mass is 326 g/mol. The van der Waals surface area contributed by atoms with Gasteiger partial charge in [0.05, 0.1) is 5.92 Å². The largest absolute Gasteiger partial charge is 0.481 e. The van der Waals surface area contributed by atoms with E-state index in [1.807, 2.05) is 49.4 Å². The van der Waals surface area contributed by atoms with Gasteiger partial charge in [0.1, 0.15) is 0 Å². The average Bonchev–Trinajstić information content (AvgIpc) is 3.20. The lowest BCUT2D eigenvalue weighted by atomic mass is 10.0. The summed E-state index contributed by atoms with van der Waals surface area (Å²) >= 11 is 0. The van der Waals surface area contributed by atoms with E-state index in [2.05, 4.69) is 4.98 Å². The molecular formula is C19H22N2O3. The highest BCUT2D eigenvalue weighted by atomic mass is 16.4. The second-order valence-corrected chi connectivity index (χ2v) is 6.32.